The normalized spacial score (nSPS) is 11.1. The van der Waals surface area contributed by atoms with Crippen LogP contribution in [0.4, 0.5) is 0 Å². The number of amides is 1. The fourth-order valence-electron chi connectivity index (χ4n) is 2.70. The predicted molar refractivity (Wildman–Crippen MR) is 106 cm³/mol. The molecule has 4 N–H and O–H groups in total. The molecule has 10 heteroatoms. The van der Waals surface area contributed by atoms with Crippen LogP contribution in [-0.4, -0.2) is 38.7 Å². The van der Waals surface area contributed by atoms with Gasteiger partial charge in [-0.05, 0) is 42.0 Å². The molecule has 0 radical (unpaired) electrons. The van der Waals surface area contributed by atoms with Crippen molar-refractivity contribution in [1.29, 1.82) is 0 Å². The molecule has 0 spiro atoms. The Morgan fingerprint density at radius 3 is 2.62 bits per heavy atom. The number of aromatic nitrogens is 2. The zero-order chi connectivity index (χ0) is 21.0. The second-order valence-corrected chi connectivity index (χ2v) is 7.64. The molecular weight excluding hydrogens is 396 g/mol. The van der Waals surface area contributed by atoms with Crippen molar-refractivity contribution in [3.05, 3.63) is 59.8 Å². The summed E-state index contributed by atoms with van der Waals surface area (Å²) in [6.07, 6.45) is 0. The molecule has 0 fully saturated rings. The second-order valence-electron chi connectivity index (χ2n) is 6.11. The van der Waals surface area contributed by atoms with E-state index in [0.29, 0.717) is 23.6 Å². The highest BCUT2D eigenvalue weighted by Gasteiger charge is 2.18. The number of sulfonamides is 1. The number of primary sulfonamides is 1. The van der Waals surface area contributed by atoms with Gasteiger partial charge in [0.25, 0.3) is 5.91 Å². The maximum atomic E-state index is 12.4. The molecule has 0 atom stereocenters. The fraction of sp³-hybridized carbons (Fsp3) is 0.158. The summed E-state index contributed by atoms with van der Waals surface area (Å²) in [5.41, 5.74) is 1.98. The number of benzene rings is 2. The second kappa shape index (κ2) is 8.33. The van der Waals surface area contributed by atoms with E-state index in [1.807, 2.05) is 24.3 Å². The monoisotopic (exact) mass is 416 g/mol. The van der Waals surface area contributed by atoms with E-state index in [1.165, 1.54) is 25.3 Å². The molecule has 1 amide bonds. The fourth-order valence-corrected chi connectivity index (χ4v) is 3.43. The Kier molecular flexibility index (Phi) is 5.85. The number of carbonyl (C=O) groups excluding carboxylic acids is 1. The first-order chi connectivity index (χ1) is 13.8. The Morgan fingerprint density at radius 1 is 1.14 bits per heavy atom. The van der Waals surface area contributed by atoms with Gasteiger partial charge < -0.3 is 14.8 Å². The van der Waals surface area contributed by atoms with Crippen molar-refractivity contribution in [3.8, 4) is 22.8 Å². The number of ether oxygens (including phenoxy) is 2. The van der Waals surface area contributed by atoms with Gasteiger partial charge in [0.2, 0.25) is 10.0 Å². The summed E-state index contributed by atoms with van der Waals surface area (Å²) in [6.45, 7) is 0.308. The number of methoxy groups -OCH3 is 2. The summed E-state index contributed by atoms with van der Waals surface area (Å²) in [5.74, 6) is 0.473. The summed E-state index contributed by atoms with van der Waals surface area (Å²) in [6, 6.07) is 13.3. The van der Waals surface area contributed by atoms with Gasteiger partial charge in [-0.2, -0.15) is 5.10 Å². The van der Waals surface area contributed by atoms with Gasteiger partial charge in [-0.3, -0.25) is 9.89 Å². The number of aromatic amines is 1. The Balaban J connectivity index is 1.77. The topological polar surface area (TPSA) is 136 Å². The Hall–Kier alpha value is -3.37. The van der Waals surface area contributed by atoms with E-state index in [0.717, 1.165) is 5.56 Å². The summed E-state index contributed by atoms with van der Waals surface area (Å²) < 4.78 is 33.7. The first-order valence-electron chi connectivity index (χ1n) is 8.49. The molecule has 0 aliphatic carbocycles. The van der Waals surface area contributed by atoms with E-state index in [4.69, 9.17) is 14.6 Å². The van der Waals surface area contributed by atoms with Crippen LogP contribution < -0.4 is 19.9 Å². The third-order valence-electron chi connectivity index (χ3n) is 4.18. The minimum Gasteiger partial charge on any atom is -0.497 e. The zero-order valence-corrected chi connectivity index (χ0v) is 16.6. The molecular formula is C19H20N4O5S. The number of nitrogens with one attached hydrogen (secondary N) is 2. The summed E-state index contributed by atoms with van der Waals surface area (Å²) in [5, 5.41) is 14.8. The number of hydrogen-bond acceptors (Lipinski definition) is 6. The molecule has 0 unspecified atom stereocenters. The van der Waals surface area contributed by atoms with Gasteiger partial charge in [-0.1, -0.05) is 12.1 Å². The van der Waals surface area contributed by atoms with Crippen LogP contribution in [-0.2, 0) is 16.6 Å². The molecule has 1 heterocycles. The first kappa shape index (κ1) is 20.4. The first-order valence-corrected chi connectivity index (χ1v) is 10.0. The molecule has 2 aromatic carbocycles. The lowest BCUT2D eigenvalue weighted by molar-refractivity contribution is 0.0946. The molecule has 9 nitrogen and oxygen atoms in total. The maximum Gasteiger partial charge on any atom is 0.269 e. The lowest BCUT2D eigenvalue weighted by Gasteiger charge is -2.07. The number of nitrogens with two attached hydrogens (primary N) is 1. The number of rotatable bonds is 7. The third kappa shape index (κ3) is 4.73. The van der Waals surface area contributed by atoms with Crippen molar-refractivity contribution in [1.82, 2.24) is 15.5 Å². The highest BCUT2D eigenvalue weighted by atomic mass is 32.2. The van der Waals surface area contributed by atoms with Crippen LogP contribution in [0.5, 0.6) is 11.5 Å². The van der Waals surface area contributed by atoms with Gasteiger partial charge in [0.05, 0.1) is 19.9 Å². The van der Waals surface area contributed by atoms with Crippen LogP contribution in [0.2, 0.25) is 0 Å². The quantitative estimate of drug-likeness (QED) is 0.536. The molecule has 3 rings (SSSR count). The van der Waals surface area contributed by atoms with Gasteiger partial charge in [-0.25, -0.2) is 13.6 Å². The van der Waals surface area contributed by atoms with Crippen LogP contribution >= 0.6 is 0 Å². The standard InChI is InChI=1S/C19H20N4O5S/c1-27-14-5-3-4-12(8-14)11-21-19(24)16-10-15(22-23-16)13-6-7-17(28-2)18(9-13)29(20,25)26/h3-10H,11H2,1-2H3,(H,21,24)(H,22,23)(H2,20,25,26). The van der Waals surface area contributed by atoms with Crippen LogP contribution in [0.1, 0.15) is 16.1 Å². The van der Waals surface area contributed by atoms with Crippen LogP contribution in [0, 0.1) is 0 Å². The smallest absolute Gasteiger partial charge is 0.269 e. The van der Waals surface area contributed by atoms with Crippen molar-refractivity contribution in [2.75, 3.05) is 14.2 Å². The lowest BCUT2D eigenvalue weighted by Crippen LogP contribution is -2.23. The van der Waals surface area contributed by atoms with Gasteiger partial charge in [0.15, 0.2) is 0 Å². The van der Waals surface area contributed by atoms with Crippen LogP contribution in [0.3, 0.4) is 0 Å². The van der Waals surface area contributed by atoms with Crippen LogP contribution in [0.15, 0.2) is 53.4 Å². The van der Waals surface area contributed by atoms with E-state index in [2.05, 4.69) is 15.5 Å². The molecule has 0 aliphatic heterocycles. The van der Waals surface area contributed by atoms with Crippen molar-refractivity contribution in [2.24, 2.45) is 5.14 Å². The SMILES string of the molecule is COc1cccc(CNC(=O)c2cc(-c3ccc(OC)c(S(N)(=O)=O)c3)n[nH]2)c1. The van der Waals surface area contributed by atoms with Crippen molar-refractivity contribution in [2.45, 2.75) is 11.4 Å². The minimum atomic E-state index is -3.98. The Labute approximate surface area is 167 Å². The van der Waals surface area contributed by atoms with E-state index in [1.54, 1.807) is 13.2 Å². The molecule has 0 bridgehead atoms. The van der Waals surface area contributed by atoms with Crippen LogP contribution in [0.25, 0.3) is 11.3 Å². The largest absolute Gasteiger partial charge is 0.497 e. The van der Waals surface area contributed by atoms with E-state index in [9.17, 15) is 13.2 Å². The summed E-state index contributed by atoms with van der Waals surface area (Å²) in [7, 11) is -1.06. The van der Waals surface area contributed by atoms with E-state index < -0.39 is 10.0 Å². The number of hydrogen-bond donors (Lipinski definition) is 3. The van der Waals surface area contributed by atoms with Gasteiger partial charge in [0, 0.05) is 12.1 Å². The molecule has 0 aliphatic rings. The van der Waals surface area contributed by atoms with Gasteiger partial charge in [-0.15, -0.1) is 0 Å². The van der Waals surface area contributed by atoms with E-state index >= 15 is 0 Å². The molecule has 152 valence electrons. The molecule has 0 saturated carbocycles. The highest BCUT2D eigenvalue weighted by molar-refractivity contribution is 7.89. The summed E-state index contributed by atoms with van der Waals surface area (Å²) >= 11 is 0. The van der Waals surface area contributed by atoms with Gasteiger partial charge >= 0.3 is 0 Å². The average Bonchev–Trinajstić information content (AvgIpc) is 3.21. The molecule has 0 saturated heterocycles. The maximum absolute atomic E-state index is 12.4. The third-order valence-corrected chi connectivity index (χ3v) is 5.11. The number of H-pyrrole nitrogens is 1. The van der Waals surface area contributed by atoms with Gasteiger partial charge in [0.1, 0.15) is 22.1 Å². The summed E-state index contributed by atoms with van der Waals surface area (Å²) in [4.78, 5) is 12.2. The van der Waals surface area contributed by atoms with E-state index in [-0.39, 0.29) is 22.2 Å². The Morgan fingerprint density at radius 2 is 1.93 bits per heavy atom. The van der Waals surface area contributed by atoms with Crippen molar-refractivity contribution in [3.63, 3.8) is 0 Å². The molecule has 29 heavy (non-hydrogen) atoms. The number of nitrogens with zero attached hydrogens (tertiary/aromatic N) is 1. The highest BCUT2D eigenvalue weighted by Crippen LogP contribution is 2.28. The predicted octanol–water partition coefficient (Wildman–Crippen LogP) is 1.67. The molecule has 1 aromatic heterocycles. The molecule has 3 aromatic rings. The minimum absolute atomic E-state index is 0.128. The van der Waals surface area contributed by atoms with Crippen molar-refractivity contribution >= 4 is 15.9 Å². The lowest BCUT2D eigenvalue weighted by atomic mass is 10.1. The average molecular weight is 416 g/mol. The Bertz CT molecular complexity index is 1140. The van der Waals surface area contributed by atoms with Crippen molar-refractivity contribution < 1.29 is 22.7 Å². The number of carbonyl (C=O) groups is 1. The zero-order valence-electron chi connectivity index (χ0n) is 15.8.